The fraction of sp³-hybridized carbons (Fsp3) is 0.562. The van der Waals surface area contributed by atoms with E-state index >= 15 is 0 Å². The number of halogens is 1. The van der Waals surface area contributed by atoms with Gasteiger partial charge >= 0.3 is 0 Å². The number of carbonyl (C=O) groups excluding carboxylic acids is 1. The molecule has 114 valence electrons. The van der Waals surface area contributed by atoms with Crippen LogP contribution in [0.3, 0.4) is 0 Å². The summed E-state index contributed by atoms with van der Waals surface area (Å²) in [6.07, 6.45) is 1.69. The third-order valence-corrected chi connectivity index (χ3v) is 4.42. The molecular formula is C16H21ClN2O2. The average Bonchev–Trinajstić information content (AvgIpc) is 3.01. The quantitative estimate of drug-likeness (QED) is 0.858. The smallest absolute Gasteiger partial charge is 0.251 e. The Morgan fingerprint density at radius 2 is 2.10 bits per heavy atom. The summed E-state index contributed by atoms with van der Waals surface area (Å²) in [6, 6.07) is 7.97. The van der Waals surface area contributed by atoms with Gasteiger partial charge in [0, 0.05) is 44.4 Å². The summed E-state index contributed by atoms with van der Waals surface area (Å²) in [5.41, 5.74) is 1.22. The molecule has 2 heterocycles. The molecule has 1 unspecified atom stereocenters. The first-order valence-corrected chi connectivity index (χ1v) is 7.97. The first-order valence-electron chi connectivity index (χ1n) is 7.59. The molecule has 0 aliphatic carbocycles. The molecule has 21 heavy (non-hydrogen) atoms. The molecule has 0 spiro atoms. The average molecular weight is 309 g/mol. The molecule has 1 amide bonds. The van der Waals surface area contributed by atoms with Crippen molar-refractivity contribution >= 4 is 17.5 Å². The molecule has 2 saturated heterocycles. The minimum Gasteiger partial charge on any atom is -0.368 e. The predicted molar refractivity (Wildman–Crippen MR) is 82.3 cm³/mol. The first-order chi connectivity index (χ1) is 10.2. The molecule has 0 bridgehead atoms. The van der Waals surface area contributed by atoms with Crippen molar-refractivity contribution in [2.75, 3.05) is 32.8 Å². The van der Waals surface area contributed by atoms with Crippen molar-refractivity contribution in [2.45, 2.75) is 25.5 Å². The van der Waals surface area contributed by atoms with Gasteiger partial charge in [-0.05, 0) is 30.5 Å². The van der Waals surface area contributed by atoms with Crippen LogP contribution >= 0.6 is 11.6 Å². The van der Waals surface area contributed by atoms with Gasteiger partial charge in [0.1, 0.15) is 6.10 Å². The van der Waals surface area contributed by atoms with E-state index in [-0.39, 0.29) is 12.0 Å². The van der Waals surface area contributed by atoms with E-state index in [0.29, 0.717) is 0 Å². The molecule has 0 N–H and O–H groups in total. The van der Waals surface area contributed by atoms with Gasteiger partial charge in [-0.1, -0.05) is 23.7 Å². The predicted octanol–water partition coefficient (Wildman–Crippen LogP) is 2.16. The van der Waals surface area contributed by atoms with Gasteiger partial charge in [0.25, 0.3) is 5.91 Å². The second kappa shape index (κ2) is 6.77. The van der Waals surface area contributed by atoms with Gasteiger partial charge in [-0.3, -0.25) is 9.69 Å². The zero-order valence-electron chi connectivity index (χ0n) is 12.1. The van der Waals surface area contributed by atoms with Crippen molar-refractivity contribution in [3.63, 3.8) is 0 Å². The Kier molecular flexibility index (Phi) is 4.78. The lowest BCUT2D eigenvalue weighted by Crippen LogP contribution is -2.51. The van der Waals surface area contributed by atoms with Crippen LogP contribution in [0, 0.1) is 0 Å². The van der Waals surface area contributed by atoms with E-state index in [1.807, 2.05) is 23.1 Å². The van der Waals surface area contributed by atoms with Crippen molar-refractivity contribution < 1.29 is 9.53 Å². The van der Waals surface area contributed by atoms with Gasteiger partial charge < -0.3 is 9.64 Å². The number of amides is 1. The van der Waals surface area contributed by atoms with Crippen molar-refractivity contribution in [2.24, 2.45) is 0 Å². The van der Waals surface area contributed by atoms with Crippen LogP contribution in [-0.2, 0) is 16.1 Å². The van der Waals surface area contributed by atoms with Crippen LogP contribution in [-0.4, -0.2) is 54.6 Å². The molecule has 2 aliphatic heterocycles. The van der Waals surface area contributed by atoms with Crippen molar-refractivity contribution in [3.05, 3.63) is 34.9 Å². The number of carbonyl (C=O) groups is 1. The number of nitrogens with zero attached hydrogens (tertiary/aromatic N) is 2. The minimum atomic E-state index is -0.190. The van der Waals surface area contributed by atoms with E-state index in [9.17, 15) is 4.79 Å². The summed E-state index contributed by atoms with van der Waals surface area (Å²) in [4.78, 5) is 16.6. The summed E-state index contributed by atoms with van der Waals surface area (Å²) in [6.45, 7) is 5.02. The third kappa shape index (κ3) is 3.76. The highest BCUT2D eigenvalue weighted by atomic mass is 35.5. The minimum absolute atomic E-state index is 0.176. The van der Waals surface area contributed by atoms with Gasteiger partial charge in [0.05, 0.1) is 0 Å². The van der Waals surface area contributed by atoms with Gasteiger partial charge in [-0.15, -0.1) is 0 Å². The van der Waals surface area contributed by atoms with E-state index in [0.717, 1.165) is 57.2 Å². The van der Waals surface area contributed by atoms with Gasteiger partial charge in [0.15, 0.2) is 0 Å². The van der Waals surface area contributed by atoms with Gasteiger partial charge in [-0.2, -0.15) is 0 Å². The highest BCUT2D eigenvalue weighted by Gasteiger charge is 2.30. The second-order valence-corrected chi connectivity index (χ2v) is 6.17. The van der Waals surface area contributed by atoms with Crippen LogP contribution in [0.15, 0.2) is 24.3 Å². The fourth-order valence-corrected chi connectivity index (χ4v) is 3.21. The molecule has 1 aromatic rings. The monoisotopic (exact) mass is 308 g/mol. The Labute approximate surface area is 130 Å². The topological polar surface area (TPSA) is 32.8 Å². The normalized spacial score (nSPS) is 23.5. The zero-order valence-corrected chi connectivity index (χ0v) is 12.9. The number of rotatable bonds is 3. The van der Waals surface area contributed by atoms with E-state index < -0.39 is 0 Å². The zero-order chi connectivity index (χ0) is 14.7. The van der Waals surface area contributed by atoms with Crippen molar-refractivity contribution in [3.8, 4) is 0 Å². The summed E-state index contributed by atoms with van der Waals surface area (Å²) in [5.74, 6) is 0.176. The number of hydrogen-bond donors (Lipinski definition) is 0. The molecule has 0 aromatic heterocycles. The fourth-order valence-electron chi connectivity index (χ4n) is 3.00. The summed E-state index contributed by atoms with van der Waals surface area (Å²) in [7, 11) is 0. The molecule has 1 aromatic carbocycles. The highest BCUT2D eigenvalue weighted by Crippen LogP contribution is 2.17. The van der Waals surface area contributed by atoms with Crippen molar-refractivity contribution in [1.29, 1.82) is 0 Å². The second-order valence-electron chi connectivity index (χ2n) is 5.73. The van der Waals surface area contributed by atoms with E-state index in [4.69, 9.17) is 16.3 Å². The summed E-state index contributed by atoms with van der Waals surface area (Å²) in [5, 5.41) is 0.777. The molecule has 2 aliphatic rings. The van der Waals surface area contributed by atoms with Crippen LogP contribution < -0.4 is 0 Å². The van der Waals surface area contributed by atoms with Gasteiger partial charge in [-0.25, -0.2) is 0 Å². The van der Waals surface area contributed by atoms with Crippen LogP contribution in [0.5, 0.6) is 0 Å². The largest absolute Gasteiger partial charge is 0.368 e. The maximum atomic E-state index is 12.3. The maximum absolute atomic E-state index is 12.3. The standard InChI is InChI=1S/C16H21ClN2O2/c17-14-4-1-3-13(11-14)12-18-6-8-19(9-7-18)16(20)15-5-2-10-21-15/h1,3-4,11,15H,2,5-10,12H2. The SMILES string of the molecule is O=C(C1CCCO1)N1CCN(Cc2cccc(Cl)c2)CC1. The van der Waals surface area contributed by atoms with Crippen LogP contribution in [0.4, 0.5) is 0 Å². The number of ether oxygens (including phenoxy) is 1. The van der Waals surface area contributed by atoms with Crippen LogP contribution in [0.25, 0.3) is 0 Å². The van der Waals surface area contributed by atoms with E-state index in [1.54, 1.807) is 0 Å². The molecular weight excluding hydrogens is 288 g/mol. The Balaban J connectivity index is 1.49. The van der Waals surface area contributed by atoms with Crippen molar-refractivity contribution in [1.82, 2.24) is 9.80 Å². The van der Waals surface area contributed by atoms with Crippen LogP contribution in [0.1, 0.15) is 18.4 Å². The lowest BCUT2D eigenvalue weighted by Gasteiger charge is -2.35. The van der Waals surface area contributed by atoms with E-state index in [2.05, 4.69) is 11.0 Å². The van der Waals surface area contributed by atoms with Crippen LogP contribution in [0.2, 0.25) is 5.02 Å². The Bertz CT molecular complexity index is 495. The molecule has 3 rings (SSSR count). The Morgan fingerprint density at radius 1 is 1.29 bits per heavy atom. The number of piperazine rings is 1. The lowest BCUT2D eigenvalue weighted by molar-refractivity contribution is -0.142. The highest BCUT2D eigenvalue weighted by molar-refractivity contribution is 6.30. The Morgan fingerprint density at radius 3 is 2.76 bits per heavy atom. The van der Waals surface area contributed by atoms with E-state index in [1.165, 1.54) is 5.56 Å². The molecule has 0 radical (unpaired) electrons. The number of benzene rings is 1. The molecule has 0 saturated carbocycles. The lowest BCUT2D eigenvalue weighted by atomic mass is 10.1. The molecule has 2 fully saturated rings. The first kappa shape index (κ1) is 14.8. The molecule has 4 nitrogen and oxygen atoms in total. The van der Waals surface area contributed by atoms with Gasteiger partial charge in [0.2, 0.25) is 0 Å². The maximum Gasteiger partial charge on any atom is 0.251 e. The third-order valence-electron chi connectivity index (χ3n) is 4.18. The Hall–Kier alpha value is -1.10. The number of hydrogen-bond acceptors (Lipinski definition) is 3. The summed E-state index contributed by atoms with van der Waals surface area (Å²) >= 11 is 6.01. The molecule has 5 heteroatoms. The summed E-state index contributed by atoms with van der Waals surface area (Å²) < 4.78 is 5.48. The molecule has 1 atom stereocenters.